The van der Waals surface area contributed by atoms with E-state index in [1.165, 1.54) is 0 Å². The maximum atomic E-state index is 5.53. The highest BCUT2D eigenvalue weighted by Crippen LogP contribution is 2.12. The van der Waals surface area contributed by atoms with Crippen LogP contribution in [0.5, 0.6) is 0 Å². The molecule has 2 fully saturated rings. The molecule has 0 amide bonds. The van der Waals surface area contributed by atoms with Crippen LogP contribution in [-0.4, -0.2) is 85.5 Å². The smallest absolute Gasteiger partial charge is 0.169 e. The van der Waals surface area contributed by atoms with Crippen LogP contribution in [0.25, 0.3) is 0 Å². The molecule has 0 spiro atoms. The van der Waals surface area contributed by atoms with E-state index in [0.29, 0.717) is 0 Å². The van der Waals surface area contributed by atoms with Crippen LogP contribution in [0.2, 0.25) is 0 Å². The van der Waals surface area contributed by atoms with Gasteiger partial charge in [-0.25, -0.2) is 4.98 Å². The lowest BCUT2D eigenvalue weighted by molar-refractivity contribution is 0.0388. The van der Waals surface area contributed by atoms with E-state index in [4.69, 9.17) is 17.0 Å². The Morgan fingerprint density at radius 1 is 1.13 bits per heavy atom. The molecular formula is C16H25N5OS. The molecule has 3 heterocycles. The summed E-state index contributed by atoms with van der Waals surface area (Å²) in [5.74, 6) is 1.05. The zero-order valence-corrected chi connectivity index (χ0v) is 14.3. The molecule has 0 aromatic carbocycles. The van der Waals surface area contributed by atoms with E-state index >= 15 is 0 Å². The molecular weight excluding hydrogens is 310 g/mol. The number of hydrogen-bond donors (Lipinski definition) is 1. The number of anilines is 1. The summed E-state index contributed by atoms with van der Waals surface area (Å²) in [6, 6.07) is 6.05. The molecule has 0 saturated carbocycles. The van der Waals surface area contributed by atoms with E-state index in [-0.39, 0.29) is 0 Å². The normalized spacial score (nSPS) is 19.7. The van der Waals surface area contributed by atoms with Crippen molar-refractivity contribution >= 4 is 23.1 Å². The lowest BCUT2D eigenvalue weighted by Crippen LogP contribution is -2.52. The summed E-state index contributed by atoms with van der Waals surface area (Å²) in [7, 11) is 0. The Hall–Kier alpha value is -1.44. The van der Waals surface area contributed by atoms with E-state index in [0.717, 1.165) is 76.5 Å². The van der Waals surface area contributed by atoms with E-state index in [9.17, 15) is 0 Å². The van der Waals surface area contributed by atoms with Crippen LogP contribution in [0.15, 0.2) is 24.4 Å². The van der Waals surface area contributed by atoms with E-state index in [1.807, 2.05) is 18.3 Å². The van der Waals surface area contributed by atoms with Gasteiger partial charge in [0.15, 0.2) is 5.11 Å². The number of pyridine rings is 1. The molecule has 0 bridgehead atoms. The van der Waals surface area contributed by atoms with Crippen LogP contribution in [-0.2, 0) is 4.74 Å². The van der Waals surface area contributed by atoms with Gasteiger partial charge >= 0.3 is 0 Å². The minimum absolute atomic E-state index is 0.847. The van der Waals surface area contributed by atoms with Crippen LogP contribution < -0.4 is 10.2 Å². The van der Waals surface area contributed by atoms with Crippen molar-refractivity contribution in [3.63, 3.8) is 0 Å². The van der Waals surface area contributed by atoms with Gasteiger partial charge in [0.2, 0.25) is 0 Å². The van der Waals surface area contributed by atoms with Crippen molar-refractivity contribution in [1.82, 2.24) is 20.1 Å². The zero-order valence-electron chi connectivity index (χ0n) is 13.5. The molecule has 0 atom stereocenters. The lowest BCUT2D eigenvalue weighted by atomic mass is 10.3. The third-order valence-electron chi connectivity index (χ3n) is 4.35. The number of morpholine rings is 1. The molecule has 1 N–H and O–H groups in total. The first kappa shape index (κ1) is 16.4. The second-order valence-corrected chi connectivity index (χ2v) is 6.23. The van der Waals surface area contributed by atoms with Gasteiger partial charge in [-0.05, 0) is 24.4 Å². The van der Waals surface area contributed by atoms with Gasteiger partial charge < -0.3 is 19.9 Å². The fourth-order valence-electron chi connectivity index (χ4n) is 2.94. The first-order chi connectivity index (χ1) is 11.3. The van der Waals surface area contributed by atoms with E-state index in [2.05, 4.69) is 31.1 Å². The molecule has 126 valence electrons. The number of hydrogen-bond acceptors (Lipinski definition) is 5. The number of thiocarbonyl (C=S) groups is 1. The molecule has 0 aliphatic carbocycles. The maximum absolute atomic E-state index is 5.53. The van der Waals surface area contributed by atoms with Gasteiger partial charge in [0.1, 0.15) is 5.82 Å². The van der Waals surface area contributed by atoms with Gasteiger partial charge in [0, 0.05) is 58.6 Å². The number of nitrogens with zero attached hydrogens (tertiary/aromatic N) is 4. The SMILES string of the molecule is S=C(NCCN1CCOCC1)N1CCN(c2ccccn2)CC1. The molecule has 2 aliphatic heterocycles. The predicted molar refractivity (Wildman–Crippen MR) is 95.9 cm³/mol. The van der Waals surface area contributed by atoms with E-state index < -0.39 is 0 Å². The van der Waals surface area contributed by atoms with Crippen molar-refractivity contribution in [3.05, 3.63) is 24.4 Å². The maximum Gasteiger partial charge on any atom is 0.169 e. The quantitative estimate of drug-likeness (QED) is 0.800. The monoisotopic (exact) mass is 335 g/mol. The fraction of sp³-hybridized carbons (Fsp3) is 0.625. The Balaban J connectivity index is 1.36. The Labute approximate surface area is 143 Å². The molecule has 2 aliphatic rings. The van der Waals surface area contributed by atoms with Crippen molar-refractivity contribution in [2.75, 3.05) is 70.5 Å². The summed E-state index contributed by atoms with van der Waals surface area (Å²) in [5, 5.41) is 4.27. The van der Waals surface area contributed by atoms with Gasteiger partial charge in [-0.1, -0.05) is 6.07 Å². The van der Waals surface area contributed by atoms with Gasteiger partial charge in [-0.3, -0.25) is 4.90 Å². The molecule has 7 heteroatoms. The largest absolute Gasteiger partial charge is 0.379 e. The number of ether oxygens (including phenoxy) is 1. The molecule has 23 heavy (non-hydrogen) atoms. The Kier molecular flexibility index (Phi) is 6.01. The first-order valence-corrected chi connectivity index (χ1v) is 8.72. The lowest BCUT2D eigenvalue weighted by Gasteiger charge is -2.37. The Morgan fingerprint density at radius 2 is 1.91 bits per heavy atom. The number of rotatable bonds is 4. The van der Waals surface area contributed by atoms with Gasteiger partial charge in [0.05, 0.1) is 13.2 Å². The summed E-state index contributed by atoms with van der Waals surface area (Å²) in [4.78, 5) is 11.4. The summed E-state index contributed by atoms with van der Waals surface area (Å²) in [6.07, 6.45) is 1.85. The van der Waals surface area contributed by atoms with E-state index in [1.54, 1.807) is 0 Å². The molecule has 1 aromatic heterocycles. The van der Waals surface area contributed by atoms with Gasteiger partial charge in [0.25, 0.3) is 0 Å². The number of nitrogens with one attached hydrogen (secondary N) is 1. The Morgan fingerprint density at radius 3 is 2.61 bits per heavy atom. The first-order valence-electron chi connectivity index (χ1n) is 8.32. The van der Waals surface area contributed by atoms with Crippen LogP contribution in [0.4, 0.5) is 5.82 Å². The third kappa shape index (κ3) is 4.76. The highest BCUT2D eigenvalue weighted by Gasteiger charge is 2.19. The summed E-state index contributed by atoms with van der Waals surface area (Å²) in [6.45, 7) is 9.48. The molecule has 0 radical (unpaired) electrons. The summed E-state index contributed by atoms with van der Waals surface area (Å²) in [5.41, 5.74) is 0. The average Bonchev–Trinajstić information content (AvgIpc) is 2.63. The van der Waals surface area contributed by atoms with Gasteiger partial charge in [-0.2, -0.15) is 0 Å². The predicted octanol–water partition coefficient (Wildman–Crippen LogP) is 0.410. The Bertz CT molecular complexity index is 487. The number of piperazine rings is 1. The van der Waals surface area contributed by atoms with Gasteiger partial charge in [-0.15, -0.1) is 0 Å². The third-order valence-corrected chi connectivity index (χ3v) is 4.75. The highest BCUT2D eigenvalue weighted by atomic mass is 32.1. The fourth-order valence-corrected chi connectivity index (χ4v) is 3.22. The highest BCUT2D eigenvalue weighted by molar-refractivity contribution is 7.80. The average molecular weight is 335 g/mol. The standard InChI is InChI=1S/C16H25N5OS/c23-16(18-5-6-19-11-13-22-14-12-19)21-9-7-20(8-10-21)15-3-1-2-4-17-15/h1-4H,5-14H2,(H,18,23). The van der Waals surface area contributed by atoms with Crippen LogP contribution in [0.1, 0.15) is 0 Å². The molecule has 2 saturated heterocycles. The second kappa shape index (κ2) is 8.42. The molecule has 6 nitrogen and oxygen atoms in total. The van der Waals surface area contributed by atoms with Crippen LogP contribution in [0, 0.1) is 0 Å². The van der Waals surface area contributed by atoms with Crippen molar-refractivity contribution in [1.29, 1.82) is 0 Å². The van der Waals surface area contributed by atoms with Crippen LogP contribution in [0.3, 0.4) is 0 Å². The minimum Gasteiger partial charge on any atom is -0.379 e. The molecule has 3 rings (SSSR count). The van der Waals surface area contributed by atoms with Crippen LogP contribution >= 0.6 is 12.2 Å². The zero-order chi connectivity index (χ0) is 15.9. The second-order valence-electron chi connectivity index (χ2n) is 5.85. The number of aromatic nitrogens is 1. The minimum atomic E-state index is 0.847. The summed E-state index contributed by atoms with van der Waals surface area (Å²) < 4.78 is 5.36. The molecule has 1 aromatic rings. The van der Waals surface area contributed by atoms with Crippen molar-refractivity contribution in [2.24, 2.45) is 0 Å². The van der Waals surface area contributed by atoms with Crippen molar-refractivity contribution in [2.45, 2.75) is 0 Å². The van der Waals surface area contributed by atoms with Crippen molar-refractivity contribution < 1.29 is 4.74 Å². The summed E-state index contributed by atoms with van der Waals surface area (Å²) >= 11 is 5.53. The molecule has 0 unspecified atom stereocenters. The van der Waals surface area contributed by atoms with Crippen molar-refractivity contribution in [3.8, 4) is 0 Å². The topological polar surface area (TPSA) is 43.9 Å².